The summed E-state index contributed by atoms with van der Waals surface area (Å²) in [5.74, 6) is 1.64. The Morgan fingerprint density at radius 3 is 2.95 bits per heavy atom. The molecule has 0 aliphatic carbocycles. The van der Waals surface area contributed by atoms with Gasteiger partial charge in [0.25, 0.3) is 0 Å². The standard InChI is InChI=1S/C16H15BrN4/c1-2-4-15-20-14(17)9-16(21-15)19-13-6-3-5-11-10-18-8-7-12(11)13/h3,5-10H,2,4H2,1H3,(H,19,20,21). The first-order valence-electron chi connectivity index (χ1n) is 6.89. The van der Waals surface area contributed by atoms with E-state index >= 15 is 0 Å². The van der Waals surface area contributed by atoms with Crippen molar-refractivity contribution >= 4 is 38.2 Å². The zero-order chi connectivity index (χ0) is 14.7. The van der Waals surface area contributed by atoms with E-state index in [1.807, 2.05) is 36.5 Å². The Morgan fingerprint density at radius 2 is 2.10 bits per heavy atom. The Balaban J connectivity index is 1.98. The van der Waals surface area contributed by atoms with Crippen molar-refractivity contribution in [3.8, 4) is 0 Å². The van der Waals surface area contributed by atoms with Crippen LogP contribution in [0.2, 0.25) is 0 Å². The van der Waals surface area contributed by atoms with Gasteiger partial charge in [-0.2, -0.15) is 0 Å². The van der Waals surface area contributed by atoms with Gasteiger partial charge < -0.3 is 5.32 Å². The lowest BCUT2D eigenvalue weighted by Gasteiger charge is -2.10. The molecular weight excluding hydrogens is 328 g/mol. The molecule has 0 amide bonds. The molecule has 2 heterocycles. The number of fused-ring (bicyclic) bond motifs is 1. The van der Waals surface area contributed by atoms with Crippen molar-refractivity contribution in [2.45, 2.75) is 19.8 Å². The summed E-state index contributed by atoms with van der Waals surface area (Å²) in [5.41, 5.74) is 1.02. The second-order valence-electron chi connectivity index (χ2n) is 4.77. The minimum atomic E-state index is 0.796. The predicted octanol–water partition coefficient (Wildman–Crippen LogP) is 4.48. The third kappa shape index (κ3) is 3.19. The number of hydrogen-bond donors (Lipinski definition) is 1. The molecule has 0 atom stereocenters. The van der Waals surface area contributed by atoms with Crippen molar-refractivity contribution in [3.05, 3.63) is 53.2 Å². The molecule has 1 N–H and O–H groups in total. The Bertz CT molecular complexity index is 768. The summed E-state index contributed by atoms with van der Waals surface area (Å²) in [6.45, 7) is 2.12. The molecule has 0 aliphatic heterocycles. The average molecular weight is 343 g/mol. The molecule has 21 heavy (non-hydrogen) atoms. The molecule has 0 fully saturated rings. The number of nitrogens with zero attached hydrogens (tertiary/aromatic N) is 3. The number of pyridine rings is 1. The fourth-order valence-electron chi connectivity index (χ4n) is 2.23. The van der Waals surface area contributed by atoms with Crippen molar-refractivity contribution in [2.24, 2.45) is 0 Å². The van der Waals surface area contributed by atoms with Gasteiger partial charge in [-0.25, -0.2) is 9.97 Å². The van der Waals surface area contributed by atoms with E-state index in [0.717, 1.165) is 45.5 Å². The average Bonchev–Trinajstić information content (AvgIpc) is 2.47. The molecule has 1 aromatic carbocycles. The van der Waals surface area contributed by atoms with Crippen LogP contribution in [0.1, 0.15) is 19.2 Å². The van der Waals surface area contributed by atoms with Crippen LogP contribution in [-0.2, 0) is 6.42 Å². The molecule has 4 nitrogen and oxygen atoms in total. The molecule has 0 radical (unpaired) electrons. The number of rotatable bonds is 4. The van der Waals surface area contributed by atoms with Crippen LogP contribution in [0, 0.1) is 0 Å². The highest BCUT2D eigenvalue weighted by Crippen LogP contribution is 2.25. The van der Waals surface area contributed by atoms with Gasteiger partial charge in [-0.1, -0.05) is 19.1 Å². The Morgan fingerprint density at radius 1 is 1.19 bits per heavy atom. The molecular formula is C16H15BrN4. The van der Waals surface area contributed by atoms with Crippen LogP contribution in [0.4, 0.5) is 11.5 Å². The Hall–Kier alpha value is -2.01. The number of anilines is 2. The molecule has 3 aromatic rings. The van der Waals surface area contributed by atoms with Crippen LogP contribution < -0.4 is 5.32 Å². The van der Waals surface area contributed by atoms with Crippen LogP contribution in [0.5, 0.6) is 0 Å². The van der Waals surface area contributed by atoms with E-state index in [0.29, 0.717) is 0 Å². The molecule has 0 saturated heterocycles. The van der Waals surface area contributed by atoms with E-state index in [9.17, 15) is 0 Å². The van der Waals surface area contributed by atoms with Crippen LogP contribution in [0.3, 0.4) is 0 Å². The zero-order valence-electron chi connectivity index (χ0n) is 11.7. The third-order valence-corrected chi connectivity index (χ3v) is 3.56. The molecule has 2 aromatic heterocycles. The lowest BCUT2D eigenvalue weighted by Crippen LogP contribution is -2.01. The van der Waals surface area contributed by atoms with Crippen molar-refractivity contribution < 1.29 is 0 Å². The van der Waals surface area contributed by atoms with Crippen molar-refractivity contribution in [1.29, 1.82) is 0 Å². The van der Waals surface area contributed by atoms with Gasteiger partial charge in [0, 0.05) is 41.3 Å². The maximum absolute atomic E-state index is 4.56. The Kier molecular flexibility index (Phi) is 4.10. The van der Waals surface area contributed by atoms with Gasteiger partial charge in [-0.15, -0.1) is 0 Å². The van der Waals surface area contributed by atoms with Crippen LogP contribution in [0.15, 0.2) is 47.3 Å². The fourth-order valence-corrected chi connectivity index (χ4v) is 2.66. The van der Waals surface area contributed by atoms with Crippen LogP contribution >= 0.6 is 15.9 Å². The van der Waals surface area contributed by atoms with E-state index < -0.39 is 0 Å². The molecule has 0 spiro atoms. The quantitative estimate of drug-likeness (QED) is 0.710. The van der Waals surface area contributed by atoms with E-state index in [4.69, 9.17) is 0 Å². The van der Waals surface area contributed by atoms with Crippen molar-refractivity contribution in [1.82, 2.24) is 15.0 Å². The highest BCUT2D eigenvalue weighted by molar-refractivity contribution is 9.10. The van der Waals surface area contributed by atoms with Gasteiger partial charge in [0.1, 0.15) is 16.2 Å². The summed E-state index contributed by atoms with van der Waals surface area (Å²) in [6.07, 6.45) is 5.55. The number of halogens is 1. The maximum Gasteiger partial charge on any atom is 0.135 e. The van der Waals surface area contributed by atoms with Gasteiger partial charge in [-0.05, 0) is 34.5 Å². The summed E-state index contributed by atoms with van der Waals surface area (Å²) in [6, 6.07) is 9.99. The second kappa shape index (κ2) is 6.18. The Labute approximate surface area is 131 Å². The highest BCUT2D eigenvalue weighted by atomic mass is 79.9. The summed E-state index contributed by atoms with van der Waals surface area (Å²) < 4.78 is 0.797. The second-order valence-corrected chi connectivity index (χ2v) is 5.58. The smallest absolute Gasteiger partial charge is 0.135 e. The molecule has 3 rings (SSSR count). The van der Waals surface area contributed by atoms with Crippen LogP contribution in [0.25, 0.3) is 10.8 Å². The molecule has 106 valence electrons. The van der Waals surface area contributed by atoms with E-state index in [-0.39, 0.29) is 0 Å². The number of hydrogen-bond acceptors (Lipinski definition) is 4. The highest BCUT2D eigenvalue weighted by Gasteiger charge is 2.05. The number of benzene rings is 1. The first-order valence-corrected chi connectivity index (χ1v) is 7.69. The first kappa shape index (κ1) is 13.9. The van der Waals surface area contributed by atoms with Gasteiger partial charge in [0.2, 0.25) is 0 Å². The van der Waals surface area contributed by atoms with Crippen LogP contribution in [-0.4, -0.2) is 15.0 Å². The predicted molar refractivity (Wildman–Crippen MR) is 88.8 cm³/mol. The van der Waals surface area contributed by atoms with Gasteiger partial charge in [0.05, 0.1) is 0 Å². The number of aryl methyl sites for hydroxylation is 1. The summed E-state index contributed by atoms with van der Waals surface area (Å²) in [7, 11) is 0. The summed E-state index contributed by atoms with van der Waals surface area (Å²) >= 11 is 3.44. The first-order chi connectivity index (χ1) is 10.3. The van der Waals surface area contributed by atoms with Gasteiger partial charge in [-0.3, -0.25) is 4.98 Å². The lowest BCUT2D eigenvalue weighted by molar-refractivity contribution is 0.831. The topological polar surface area (TPSA) is 50.7 Å². The minimum Gasteiger partial charge on any atom is -0.340 e. The third-order valence-electron chi connectivity index (χ3n) is 3.16. The van der Waals surface area contributed by atoms with Crippen molar-refractivity contribution in [3.63, 3.8) is 0 Å². The van der Waals surface area contributed by atoms with E-state index in [1.165, 1.54) is 0 Å². The fraction of sp³-hybridized carbons (Fsp3) is 0.188. The van der Waals surface area contributed by atoms with E-state index in [2.05, 4.69) is 43.1 Å². The SMILES string of the molecule is CCCc1nc(Br)cc(Nc2cccc3cnccc23)n1. The number of nitrogens with one attached hydrogen (secondary N) is 1. The van der Waals surface area contributed by atoms with Gasteiger partial charge >= 0.3 is 0 Å². The largest absolute Gasteiger partial charge is 0.340 e. The maximum atomic E-state index is 4.56. The molecule has 0 unspecified atom stereocenters. The van der Waals surface area contributed by atoms with E-state index in [1.54, 1.807) is 6.20 Å². The molecule has 0 saturated carbocycles. The zero-order valence-corrected chi connectivity index (χ0v) is 13.3. The number of aromatic nitrogens is 3. The van der Waals surface area contributed by atoms with Crippen molar-refractivity contribution in [2.75, 3.05) is 5.32 Å². The molecule has 0 bridgehead atoms. The molecule has 5 heteroatoms. The summed E-state index contributed by atoms with van der Waals surface area (Å²) in [5, 5.41) is 5.60. The summed E-state index contributed by atoms with van der Waals surface area (Å²) in [4.78, 5) is 13.1. The van der Waals surface area contributed by atoms with Gasteiger partial charge in [0.15, 0.2) is 0 Å². The molecule has 0 aliphatic rings. The monoisotopic (exact) mass is 342 g/mol. The normalized spacial score (nSPS) is 10.8. The lowest BCUT2D eigenvalue weighted by atomic mass is 10.1. The minimum absolute atomic E-state index is 0.796.